The fourth-order valence-corrected chi connectivity index (χ4v) is 4.31. The molecule has 0 bridgehead atoms. The summed E-state index contributed by atoms with van der Waals surface area (Å²) < 4.78 is 9.18. The Bertz CT molecular complexity index is 1390. The molecule has 9 heteroatoms. The minimum Gasteiger partial charge on any atom is -0.381 e. The van der Waals surface area contributed by atoms with Gasteiger partial charge in [0.05, 0.1) is 35.5 Å². The van der Waals surface area contributed by atoms with E-state index in [4.69, 9.17) is 9.72 Å². The van der Waals surface area contributed by atoms with Crippen molar-refractivity contribution in [1.82, 2.24) is 29.6 Å². The van der Waals surface area contributed by atoms with Crippen LogP contribution in [0.4, 0.5) is 0 Å². The molecule has 1 atom stereocenters. The number of nitrogens with zero attached hydrogens (tertiary/aromatic N) is 6. The van der Waals surface area contributed by atoms with Gasteiger partial charge in [0.2, 0.25) is 0 Å². The maximum Gasteiger partial charge on any atom is 0.272 e. The van der Waals surface area contributed by atoms with Crippen LogP contribution in [-0.4, -0.2) is 43.4 Å². The van der Waals surface area contributed by atoms with Gasteiger partial charge in [0.15, 0.2) is 5.69 Å². The molecule has 166 valence electrons. The van der Waals surface area contributed by atoms with Crippen LogP contribution < -0.4 is 5.32 Å². The van der Waals surface area contributed by atoms with Crippen LogP contribution in [0.2, 0.25) is 0 Å². The number of carbonyl (C=O) groups excluding carboxylic acids is 1. The Kier molecular flexibility index (Phi) is 5.36. The minimum absolute atomic E-state index is 0.220. The Balaban J connectivity index is 1.41. The molecule has 1 fully saturated rings. The van der Waals surface area contributed by atoms with E-state index in [0.29, 0.717) is 23.4 Å². The van der Waals surface area contributed by atoms with Crippen LogP contribution in [0.5, 0.6) is 0 Å². The SMILES string of the molecule is Cn1cc(-c2cc(C#N)cc(CNC(=O)c3nccc4nc(C5CCOC5)n(C)c34)c2)cn1. The number of aryl methyl sites for hydroxylation is 2. The van der Waals surface area contributed by atoms with Crippen molar-refractivity contribution in [3.05, 3.63) is 65.5 Å². The molecule has 4 aromatic rings. The summed E-state index contributed by atoms with van der Waals surface area (Å²) >= 11 is 0. The van der Waals surface area contributed by atoms with Gasteiger partial charge < -0.3 is 14.6 Å². The van der Waals surface area contributed by atoms with E-state index in [2.05, 4.69) is 21.5 Å². The number of fused-ring (bicyclic) bond motifs is 1. The van der Waals surface area contributed by atoms with Gasteiger partial charge in [0.1, 0.15) is 5.82 Å². The zero-order valence-corrected chi connectivity index (χ0v) is 18.4. The van der Waals surface area contributed by atoms with Crippen molar-refractivity contribution in [1.29, 1.82) is 5.26 Å². The zero-order valence-electron chi connectivity index (χ0n) is 18.4. The predicted molar refractivity (Wildman–Crippen MR) is 121 cm³/mol. The van der Waals surface area contributed by atoms with Gasteiger partial charge in [-0.15, -0.1) is 0 Å². The van der Waals surface area contributed by atoms with Gasteiger partial charge in [-0.1, -0.05) is 0 Å². The first-order chi connectivity index (χ1) is 16.0. The average molecular weight is 441 g/mol. The molecule has 0 saturated carbocycles. The van der Waals surface area contributed by atoms with Gasteiger partial charge in [-0.2, -0.15) is 10.4 Å². The number of rotatable bonds is 5. The highest BCUT2D eigenvalue weighted by Crippen LogP contribution is 2.28. The van der Waals surface area contributed by atoms with Crippen LogP contribution in [0.25, 0.3) is 22.2 Å². The Morgan fingerprint density at radius 1 is 1.30 bits per heavy atom. The molecule has 33 heavy (non-hydrogen) atoms. The molecule has 5 rings (SSSR count). The first-order valence-electron chi connectivity index (χ1n) is 10.7. The molecule has 1 aromatic carbocycles. The summed E-state index contributed by atoms with van der Waals surface area (Å²) in [6.07, 6.45) is 6.16. The molecular formula is C24H23N7O2. The standard InChI is InChI=1S/C24H23N7O2/c1-30-13-19(12-28-30)18-8-15(10-25)7-16(9-18)11-27-24(32)21-22-20(3-5-26-21)29-23(31(22)2)17-4-6-33-14-17/h3,5,7-9,12-13,17H,4,6,11,14H2,1-2H3,(H,27,32). The fourth-order valence-electron chi connectivity index (χ4n) is 4.31. The molecule has 4 heterocycles. The highest BCUT2D eigenvalue weighted by Gasteiger charge is 2.25. The van der Waals surface area contributed by atoms with Crippen LogP contribution in [-0.2, 0) is 25.4 Å². The van der Waals surface area contributed by atoms with Gasteiger partial charge in [0.25, 0.3) is 5.91 Å². The number of aromatic nitrogens is 5. The smallest absolute Gasteiger partial charge is 0.272 e. The maximum absolute atomic E-state index is 13.1. The second-order valence-corrected chi connectivity index (χ2v) is 8.23. The Morgan fingerprint density at radius 3 is 2.91 bits per heavy atom. The third kappa shape index (κ3) is 3.97. The van der Waals surface area contributed by atoms with E-state index in [1.54, 1.807) is 23.1 Å². The molecule has 1 amide bonds. The van der Waals surface area contributed by atoms with Crippen molar-refractivity contribution in [3.8, 4) is 17.2 Å². The molecule has 1 saturated heterocycles. The molecule has 1 aliphatic rings. The molecule has 1 N–H and O–H groups in total. The summed E-state index contributed by atoms with van der Waals surface area (Å²) in [7, 11) is 3.76. The lowest BCUT2D eigenvalue weighted by Crippen LogP contribution is -2.24. The summed E-state index contributed by atoms with van der Waals surface area (Å²) in [5.41, 5.74) is 4.91. The third-order valence-corrected chi connectivity index (χ3v) is 5.94. The molecule has 3 aromatic heterocycles. The number of hydrogen-bond donors (Lipinski definition) is 1. The number of imidazole rings is 1. The van der Waals surface area contributed by atoms with Gasteiger partial charge in [-0.25, -0.2) is 9.97 Å². The second-order valence-electron chi connectivity index (χ2n) is 8.23. The summed E-state index contributed by atoms with van der Waals surface area (Å²) in [5.74, 6) is 0.841. The van der Waals surface area contributed by atoms with Crippen molar-refractivity contribution in [2.45, 2.75) is 18.9 Å². The highest BCUT2D eigenvalue weighted by atomic mass is 16.5. The molecule has 1 unspecified atom stereocenters. The number of carbonyl (C=O) groups is 1. The largest absolute Gasteiger partial charge is 0.381 e. The number of nitriles is 1. The predicted octanol–water partition coefficient (Wildman–Crippen LogP) is 2.67. The summed E-state index contributed by atoms with van der Waals surface area (Å²) in [4.78, 5) is 22.2. The Labute approximate surface area is 190 Å². The number of benzene rings is 1. The van der Waals surface area contributed by atoms with Gasteiger partial charge in [-0.3, -0.25) is 9.48 Å². The topological polar surface area (TPSA) is 111 Å². The number of pyridine rings is 1. The Morgan fingerprint density at radius 2 is 2.18 bits per heavy atom. The van der Waals surface area contributed by atoms with Crippen molar-refractivity contribution < 1.29 is 9.53 Å². The van der Waals surface area contributed by atoms with Crippen LogP contribution in [0.15, 0.2) is 42.9 Å². The number of ether oxygens (including phenoxy) is 1. The van der Waals surface area contributed by atoms with Crippen molar-refractivity contribution >= 4 is 16.9 Å². The Hall–Kier alpha value is -4.03. The third-order valence-electron chi connectivity index (χ3n) is 5.94. The molecule has 0 aliphatic carbocycles. The number of hydrogen-bond acceptors (Lipinski definition) is 6. The first-order valence-corrected chi connectivity index (χ1v) is 10.7. The van der Waals surface area contributed by atoms with Crippen LogP contribution in [0, 0.1) is 11.3 Å². The van der Waals surface area contributed by atoms with E-state index in [0.717, 1.165) is 41.1 Å². The highest BCUT2D eigenvalue weighted by molar-refractivity contribution is 6.03. The van der Waals surface area contributed by atoms with E-state index in [1.807, 2.05) is 43.1 Å². The van der Waals surface area contributed by atoms with E-state index in [-0.39, 0.29) is 18.4 Å². The lowest BCUT2D eigenvalue weighted by Gasteiger charge is -2.10. The van der Waals surface area contributed by atoms with Crippen LogP contribution >= 0.6 is 0 Å². The second kappa shape index (κ2) is 8.48. The number of nitrogens with one attached hydrogen (secondary N) is 1. The zero-order chi connectivity index (χ0) is 22.9. The normalized spacial score (nSPS) is 15.6. The van der Waals surface area contributed by atoms with E-state index >= 15 is 0 Å². The molecule has 0 radical (unpaired) electrons. The number of amides is 1. The summed E-state index contributed by atoms with van der Waals surface area (Å²) in [6.45, 7) is 1.63. The lowest BCUT2D eigenvalue weighted by atomic mass is 10.0. The van der Waals surface area contributed by atoms with Crippen LogP contribution in [0.1, 0.15) is 39.8 Å². The minimum atomic E-state index is -0.289. The maximum atomic E-state index is 13.1. The van der Waals surface area contributed by atoms with Gasteiger partial charge in [-0.05, 0) is 41.8 Å². The van der Waals surface area contributed by atoms with E-state index < -0.39 is 0 Å². The first kappa shape index (κ1) is 20.8. The van der Waals surface area contributed by atoms with Gasteiger partial charge in [0, 0.05) is 51.1 Å². The monoisotopic (exact) mass is 441 g/mol. The lowest BCUT2D eigenvalue weighted by molar-refractivity contribution is 0.0947. The van der Waals surface area contributed by atoms with Crippen LogP contribution in [0.3, 0.4) is 0 Å². The molecule has 9 nitrogen and oxygen atoms in total. The van der Waals surface area contributed by atoms with Gasteiger partial charge >= 0.3 is 0 Å². The molecule has 1 aliphatic heterocycles. The molecule has 0 spiro atoms. The van der Waals surface area contributed by atoms with Crippen molar-refractivity contribution in [2.75, 3.05) is 13.2 Å². The van der Waals surface area contributed by atoms with E-state index in [1.165, 1.54) is 0 Å². The molecular weight excluding hydrogens is 418 g/mol. The quantitative estimate of drug-likeness (QED) is 0.510. The summed E-state index contributed by atoms with van der Waals surface area (Å²) in [6, 6.07) is 9.55. The average Bonchev–Trinajstić information content (AvgIpc) is 3.58. The fraction of sp³-hybridized carbons (Fsp3) is 0.292. The van der Waals surface area contributed by atoms with Crippen molar-refractivity contribution in [3.63, 3.8) is 0 Å². The van der Waals surface area contributed by atoms with E-state index in [9.17, 15) is 10.1 Å². The van der Waals surface area contributed by atoms with Crippen molar-refractivity contribution in [2.24, 2.45) is 14.1 Å². The summed E-state index contributed by atoms with van der Waals surface area (Å²) in [5, 5.41) is 16.6.